The molecular formula is C16H16N4O. The Morgan fingerprint density at radius 1 is 1.43 bits per heavy atom. The molecule has 21 heavy (non-hydrogen) atoms. The molecular weight excluding hydrogens is 264 g/mol. The van der Waals surface area contributed by atoms with Gasteiger partial charge in [-0.25, -0.2) is 10.1 Å². The fourth-order valence-electron chi connectivity index (χ4n) is 2.60. The van der Waals surface area contributed by atoms with Crippen LogP contribution in [0.2, 0.25) is 0 Å². The summed E-state index contributed by atoms with van der Waals surface area (Å²) in [5.41, 5.74) is 2.23. The summed E-state index contributed by atoms with van der Waals surface area (Å²) in [6, 6.07) is 9.86. The molecule has 0 N–H and O–H groups in total. The van der Waals surface area contributed by atoms with Gasteiger partial charge in [-0.3, -0.25) is 4.90 Å². The predicted molar refractivity (Wildman–Crippen MR) is 80.8 cm³/mol. The molecule has 1 aliphatic rings. The first kappa shape index (κ1) is 14.9. The van der Waals surface area contributed by atoms with Crippen LogP contribution >= 0.6 is 0 Å². The van der Waals surface area contributed by atoms with E-state index in [0.29, 0.717) is 5.92 Å². The third kappa shape index (κ3) is 3.98. The molecule has 5 nitrogen and oxygen atoms in total. The lowest BCUT2D eigenvalue weighted by Gasteiger charge is -2.30. The maximum absolute atomic E-state index is 10.3. The molecule has 0 radical (unpaired) electrons. The van der Waals surface area contributed by atoms with Gasteiger partial charge in [-0.1, -0.05) is 29.4 Å². The van der Waals surface area contributed by atoms with E-state index < -0.39 is 0 Å². The van der Waals surface area contributed by atoms with Crippen molar-refractivity contribution in [1.82, 2.24) is 4.90 Å². The van der Waals surface area contributed by atoms with Crippen molar-refractivity contribution >= 4 is 6.08 Å². The fraction of sp³-hybridized carbons (Fsp3) is 0.375. The molecule has 1 fully saturated rings. The third-order valence-electron chi connectivity index (χ3n) is 3.79. The molecule has 0 bridgehead atoms. The largest absolute Gasteiger partial charge is 0.281 e. The van der Waals surface area contributed by atoms with Gasteiger partial charge in [-0.15, -0.1) is 4.91 Å². The van der Waals surface area contributed by atoms with Crippen LogP contribution in [0, 0.1) is 22.8 Å². The minimum atomic E-state index is 0.0948. The third-order valence-corrected chi connectivity index (χ3v) is 3.79. The van der Waals surface area contributed by atoms with Crippen molar-refractivity contribution in [3.05, 3.63) is 57.4 Å². The van der Waals surface area contributed by atoms with Crippen molar-refractivity contribution in [1.29, 1.82) is 5.26 Å². The quantitative estimate of drug-likeness (QED) is 0.482. The Labute approximate surface area is 124 Å². The molecule has 5 heteroatoms. The average Bonchev–Trinajstić information content (AvgIpc) is 2.54. The zero-order chi connectivity index (χ0) is 15.1. The number of nitroso groups, excluding NO2 is 1. The summed E-state index contributed by atoms with van der Waals surface area (Å²) in [5.74, 6) is 0.502. The minimum Gasteiger partial charge on any atom is -0.281 e. The summed E-state index contributed by atoms with van der Waals surface area (Å²) < 4.78 is 0. The Hall–Kier alpha value is -2.50. The minimum absolute atomic E-state index is 0.0948. The number of benzene rings is 1. The molecule has 0 unspecified atom stereocenters. The zero-order valence-corrected chi connectivity index (χ0v) is 11.7. The first-order valence-corrected chi connectivity index (χ1v) is 6.87. The molecule has 106 valence electrons. The molecule has 0 aromatic heterocycles. The number of hydrogen-bond acceptors (Lipinski definition) is 4. The highest BCUT2D eigenvalue weighted by atomic mass is 16.3. The molecule has 1 saturated heterocycles. The van der Waals surface area contributed by atoms with E-state index in [1.165, 1.54) is 5.56 Å². The summed E-state index contributed by atoms with van der Waals surface area (Å²) in [4.78, 5) is 15.5. The number of likely N-dealkylation sites (tertiary alicyclic amines) is 1. The molecule has 2 rings (SSSR count). The van der Waals surface area contributed by atoms with Crippen LogP contribution in [0.5, 0.6) is 0 Å². The Morgan fingerprint density at radius 2 is 2.10 bits per heavy atom. The molecule has 0 spiro atoms. The van der Waals surface area contributed by atoms with Gasteiger partial charge >= 0.3 is 0 Å². The van der Waals surface area contributed by atoms with E-state index in [2.05, 4.69) is 27.1 Å². The van der Waals surface area contributed by atoms with Gasteiger partial charge in [0.1, 0.15) is 6.67 Å². The second-order valence-corrected chi connectivity index (χ2v) is 5.08. The Bertz CT molecular complexity index is 583. The molecule has 0 saturated carbocycles. The van der Waals surface area contributed by atoms with Gasteiger partial charge in [0.15, 0.2) is 0 Å². The monoisotopic (exact) mass is 280 g/mol. The van der Waals surface area contributed by atoms with Crippen molar-refractivity contribution in [2.75, 3.05) is 19.8 Å². The van der Waals surface area contributed by atoms with E-state index in [9.17, 15) is 4.91 Å². The van der Waals surface area contributed by atoms with Crippen LogP contribution in [0.1, 0.15) is 29.9 Å². The molecule has 1 aliphatic heterocycles. The average molecular weight is 280 g/mol. The van der Waals surface area contributed by atoms with Crippen molar-refractivity contribution in [2.45, 2.75) is 18.8 Å². The maximum atomic E-state index is 10.3. The van der Waals surface area contributed by atoms with Crippen LogP contribution in [0.15, 0.2) is 35.1 Å². The standard InChI is InChI=1S/C16H16N4O/c1-18-16(11-17)10-13-2-4-14(5-3-13)15-6-8-20(9-7-15)12-19-21/h2-5,10,15H,6-9,12H2/b16-10-. The molecule has 0 aliphatic carbocycles. The lowest BCUT2D eigenvalue weighted by molar-refractivity contribution is 0.218. The van der Waals surface area contributed by atoms with E-state index in [0.717, 1.165) is 31.5 Å². The number of nitrogens with zero attached hydrogens (tertiary/aromatic N) is 4. The van der Waals surface area contributed by atoms with Crippen LogP contribution in [0.4, 0.5) is 0 Å². The van der Waals surface area contributed by atoms with Crippen LogP contribution in [0.25, 0.3) is 10.9 Å². The Morgan fingerprint density at radius 3 is 2.62 bits per heavy atom. The SMILES string of the molecule is [C-]#[N+]/C(C#N)=C\c1ccc(C2CCN(CN=O)CC2)cc1. The van der Waals surface area contributed by atoms with E-state index in [-0.39, 0.29) is 12.4 Å². The zero-order valence-electron chi connectivity index (χ0n) is 11.7. The van der Waals surface area contributed by atoms with E-state index in [1.807, 2.05) is 18.2 Å². The van der Waals surface area contributed by atoms with Crippen LogP contribution in [0.3, 0.4) is 0 Å². The summed E-state index contributed by atoms with van der Waals surface area (Å²) in [6.45, 7) is 8.94. The lowest BCUT2D eigenvalue weighted by Crippen LogP contribution is -2.32. The summed E-state index contributed by atoms with van der Waals surface area (Å²) >= 11 is 0. The van der Waals surface area contributed by atoms with Gasteiger partial charge in [0.05, 0.1) is 12.6 Å². The second kappa shape index (κ2) is 7.33. The Kier molecular flexibility index (Phi) is 5.20. The van der Waals surface area contributed by atoms with Gasteiger partial charge in [-0.2, -0.15) is 0 Å². The normalized spacial score (nSPS) is 17.0. The second-order valence-electron chi connectivity index (χ2n) is 5.08. The van der Waals surface area contributed by atoms with Gasteiger partial charge in [0.25, 0.3) is 5.70 Å². The number of nitriles is 1. The van der Waals surface area contributed by atoms with Gasteiger partial charge < -0.3 is 0 Å². The molecule has 1 aromatic carbocycles. The van der Waals surface area contributed by atoms with Gasteiger partial charge in [-0.05, 0) is 36.0 Å². The number of rotatable bonds is 4. The highest BCUT2D eigenvalue weighted by Gasteiger charge is 2.20. The maximum Gasteiger partial charge on any atom is 0.262 e. The predicted octanol–water partition coefficient (Wildman–Crippen LogP) is 3.37. The lowest BCUT2D eigenvalue weighted by atomic mass is 9.89. The summed E-state index contributed by atoms with van der Waals surface area (Å²) in [7, 11) is 0. The molecule has 0 amide bonds. The Balaban J connectivity index is 2.01. The van der Waals surface area contributed by atoms with Crippen molar-refractivity contribution in [3.8, 4) is 6.07 Å². The topological polar surface area (TPSA) is 60.8 Å². The smallest absolute Gasteiger partial charge is 0.262 e. The fourth-order valence-corrected chi connectivity index (χ4v) is 2.60. The first-order valence-electron chi connectivity index (χ1n) is 6.87. The molecule has 1 heterocycles. The van der Waals surface area contributed by atoms with E-state index in [4.69, 9.17) is 11.8 Å². The molecule has 0 atom stereocenters. The number of piperidine rings is 1. The summed E-state index contributed by atoms with van der Waals surface area (Å²) in [6.07, 6.45) is 3.64. The van der Waals surface area contributed by atoms with Crippen LogP contribution in [-0.4, -0.2) is 24.7 Å². The van der Waals surface area contributed by atoms with Crippen molar-refractivity contribution in [3.63, 3.8) is 0 Å². The van der Waals surface area contributed by atoms with Crippen LogP contribution < -0.4 is 0 Å². The van der Waals surface area contributed by atoms with Gasteiger partial charge in [0, 0.05) is 13.1 Å². The van der Waals surface area contributed by atoms with Crippen molar-refractivity contribution < 1.29 is 0 Å². The van der Waals surface area contributed by atoms with E-state index in [1.54, 1.807) is 6.08 Å². The molecule has 1 aromatic rings. The van der Waals surface area contributed by atoms with E-state index >= 15 is 0 Å². The van der Waals surface area contributed by atoms with Crippen LogP contribution in [-0.2, 0) is 0 Å². The highest BCUT2D eigenvalue weighted by Crippen LogP contribution is 2.28. The number of hydrogen-bond donors (Lipinski definition) is 0. The van der Waals surface area contributed by atoms with Gasteiger partial charge in [0.2, 0.25) is 0 Å². The summed E-state index contributed by atoms with van der Waals surface area (Å²) in [5, 5.41) is 11.7. The first-order chi connectivity index (χ1) is 10.3. The van der Waals surface area contributed by atoms with Crippen molar-refractivity contribution in [2.24, 2.45) is 5.18 Å². The highest BCUT2D eigenvalue weighted by molar-refractivity contribution is 5.59. The number of allylic oxidation sites excluding steroid dienone is 1.